The predicted octanol–water partition coefficient (Wildman–Crippen LogP) is 3.33. The van der Waals surface area contributed by atoms with Crippen LogP contribution >= 0.6 is 0 Å². The highest BCUT2D eigenvalue weighted by Crippen LogP contribution is 2.28. The summed E-state index contributed by atoms with van der Waals surface area (Å²) in [5, 5.41) is 5.95. The van der Waals surface area contributed by atoms with E-state index in [-0.39, 0.29) is 11.9 Å². The number of nitrogens with one attached hydrogen (secondary N) is 1. The maximum atomic E-state index is 12.6. The Bertz CT molecular complexity index is 1010. The van der Waals surface area contributed by atoms with Crippen molar-refractivity contribution in [2.24, 2.45) is 0 Å². The summed E-state index contributed by atoms with van der Waals surface area (Å²) >= 11 is 0. The molecule has 5 heteroatoms. The minimum absolute atomic E-state index is 0.104. The fourth-order valence-electron chi connectivity index (χ4n) is 4.33. The zero-order valence-corrected chi connectivity index (χ0v) is 15.2. The van der Waals surface area contributed by atoms with Gasteiger partial charge in [-0.3, -0.25) is 4.79 Å². The molecule has 2 heterocycles. The molecule has 1 aromatic heterocycles. The van der Waals surface area contributed by atoms with Gasteiger partial charge >= 0.3 is 0 Å². The number of fused-ring (bicyclic) bond motifs is 2. The molecular weight excluding hydrogens is 336 g/mol. The van der Waals surface area contributed by atoms with E-state index in [1.54, 1.807) is 6.33 Å². The molecule has 1 atom stereocenters. The van der Waals surface area contributed by atoms with Gasteiger partial charge in [0.15, 0.2) is 0 Å². The molecule has 1 amide bonds. The zero-order chi connectivity index (χ0) is 18.2. The first-order chi connectivity index (χ1) is 13.3. The summed E-state index contributed by atoms with van der Waals surface area (Å²) in [5.41, 5.74) is 3.59. The van der Waals surface area contributed by atoms with Crippen LogP contribution in [0.5, 0.6) is 0 Å². The average molecular weight is 358 g/mol. The molecule has 0 saturated carbocycles. The van der Waals surface area contributed by atoms with E-state index < -0.39 is 0 Å². The predicted molar refractivity (Wildman–Crippen MR) is 105 cm³/mol. The van der Waals surface area contributed by atoms with Crippen molar-refractivity contribution in [3.8, 4) is 0 Å². The van der Waals surface area contributed by atoms with Crippen LogP contribution in [0.15, 0.2) is 48.8 Å². The first-order valence-electron chi connectivity index (χ1n) is 9.61. The fraction of sp³-hybridized carbons (Fsp3) is 0.318. The normalized spacial score (nSPS) is 18.9. The fourth-order valence-corrected chi connectivity index (χ4v) is 4.33. The van der Waals surface area contributed by atoms with Gasteiger partial charge in [-0.15, -0.1) is 0 Å². The first kappa shape index (κ1) is 16.2. The monoisotopic (exact) mass is 358 g/mol. The molecular formula is C22H22N4O. The number of nitrogens with zero attached hydrogens (tertiary/aromatic N) is 3. The topological polar surface area (TPSA) is 58.1 Å². The maximum absolute atomic E-state index is 12.6. The minimum atomic E-state index is 0.104. The van der Waals surface area contributed by atoms with Gasteiger partial charge in [0.05, 0.1) is 6.04 Å². The van der Waals surface area contributed by atoms with Gasteiger partial charge in [-0.1, -0.05) is 42.5 Å². The van der Waals surface area contributed by atoms with Crippen molar-refractivity contribution in [1.29, 1.82) is 0 Å². The van der Waals surface area contributed by atoms with Crippen LogP contribution in [0.25, 0.3) is 10.8 Å². The molecule has 3 aromatic rings. The molecule has 0 radical (unpaired) electrons. The van der Waals surface area contributed by atoms with Gasteiger partial charge < -0.3 is 10.2 Å². The molecule has 0 unspecified atom stereocenters. The molecule has 5 nitrogen and oxygen atoms in total. The van der Waals surface area contributed by atoms with Crippen LogP contribution in [-0.4, -0.2) is 33.4 Å². The lowest BCUT2D eigenvalue weighted by Crippen LogP contribution is -2.28. The van der Waals surface area contributed by atoms with E-state index in [0.29, 0.717) is 19.5 Å². The Labute approximate surface area is 158 Å². The standard InChI is InChI=1S/C22H22N4O/c27-21-11-17(25-22-19-9-4-10-20(19)23-14-24-22)13-26(21)12-16-7-3-6-15-5-1-2-8-18(15)16/h1-3,5-8,14,17H,4,9-13H2,(H,23,24,25)/t17-/m1/s1. The molecule has 1 aliphatic heterocycles. The molecule has 1 aliphatic carbocycles. The van der Waals surface area contributed by atoms with Gasteiger partial charge in [0.1, 0.15) is 12.1 Å². The van der Waals surface area contributed by atoms with Gasteiger partial charge in [-0.2, -0.15) is 0 Å². The number of rotatable bonds is 4. The van der Waals surface area contributed by atoms with Gasteiger partial charge in [-0.05, 0) is 35.6 Å². The summed E-state index contributed by atoms with van der Waals surface area (Å²) in [4.78, 5) is 23.4. The summed E-state index contributed by atoms with van der Waals surface area (Å²) in [6.45, 7) is 1.36. The molecule has 1 N–H and O–H groups in total. The third kappa shape index (κ3) is 3.03. The second-order valence-electron chi connectivity index (χ2n) is 7.46. The SMILES string of the molecule is O=C1C[C@@H](Nc2ncnc3c2CCC3)CN1Cc1cccc2ccccc12. The van der Waals surface area contributed by atoms with Crippen LogP contribution in [0.2, 0.25) is 0 Å². The van der Waals surface area contributed by atoms with Crippen LogP contribution in [0, 0.1) is 0 Å². The largest absolute Gasteiger partial charge is 0.365 e. The number of aromatic nitrogens is 2. The van der Waals surface area contributed by atoms with Crippen molar-refractivity contribution in [3.05, 3.63) is 65.6 Å². The van der Waals surface area contributed by atoms with Crippen LogP contribution in [0.4, 0.5) is 5.82 Å². The third-order valence-corrected chi connectivity index (χ3v) is 5.67. The number of carbonyl (C=O) groups excluding carboxylic acids is 1. The number of benzene rings is 2. The van der Waals surface area contributed by atoms with Crippen LogP contribution < -0.4 is 5.32 Å². The van der Waals surface area contributed by atoms with Crippen molar-refractivity contribution >= 4 is 22.5 Å². The highest BCUT2D eigenvalue weighted by atomic mass is 16.2. The molecule has 2 aliphatic rings. The van der Waals surface area contributed by atoms with Gasteiger partial charge in [-0.25, -0.2) is 9.97 Å². The van der Waals surface area contributed by atoms with Crippen molar-refractivity contribution in [3.63, 3.8) is 0 Å². The van der Waals surface area contributed by atoms with E-state index in [0.717, 1.165) is 30.8 Å². The Morgan fingerprint density at radius 2 is 1.96 bits per heavy atom. The van der Waals surface area contributed by atoms with Gasteiger partial charge in [0.2, 0.25) is 5.91 Å². The number of amides is 1. The number of aryl methyl sites for hydroxylation is 1. The maximum Gasteiger partial charge on any atom is 0.225 e. The Kier molecular flexibility index (Phi) is 4.00. The minimum Gasteiger partial charge on any atom is -0.365 e. The lowest BCUT2D eigenvalue weighted by Gasteiger charge is -2.19. The number of hydrogen-bond donors (Lipinski definition) is 1. The Morgan fingerprint density at radius 1 is 1.07 bits per heavy atom. The second-order valence-corrected chi connectivity index (χ2v) is 7.46. The molecule has 5 rings (SSSR count). The first-order valence-corrected chi connectivity index (χ1v) is 9.61. The molecule has 2 aromatic carbocycles. The molecule has 1 fully saturated rings. The second kappa shape index (κ2) is 6.65. The van der Waals surface area contributed by atoms with Crippen LogP contribution in [-0.2, 0) is 24.2 Å². The number of likely N-dealkylation sites (tertiary alicyclic amines) is 1. The lowest BCUT2D eigenvalue weighted by atomic mass is 10.0. The average Bonchev–Trinajstić information content (AvgIpc) is 3.30. The number of anilines is 1. The van der Waals surface area contributed by atoms with Gasteiger partial charge in [0, 0.05) is 30.8 Å². The van der Waals surface area contributed by atoms with E-state index in [1.807, 2.05) is 11.0 Å². The molecule has 27 heavy (non-hydrogen) atoms. The van der Waals surface area contributed by atoms with Crippen molar-refractivity contribution in [2.75, 3.05) is 11.9 Å². The zero-order valence-electron chi connectivity index (χ0n) is 15.2. The van der Waals surface area contributed by atoms with E-state index in [4.69, 9.17) is 0 Å². The summed E-state index contributed by atoms with van der Waals surface area (Å²) in [7, 11) is 0. The van der Waals surface area contributed by atoms with Crippen molar-refractivity contribution in [2.45, 2.75) is 38.3 Å². The van der Waals surface area contributed by atoms with Crippen LogP contribution in [0.1, 0.15) is 29.7 Å². The van der Waals surface area contributed by atoms with Crippen molar-refractivity contribution < 1.29 is 4.79 Å². The van der Waals surface area contributed by atoms with Gasteiger partial charge in [0.25, 0.3) is 0 Å². The molecule has 1 saturated heterocycles. The summed E-state index contributed by atoms with van der Waals surface area (Å²) in [6, 6.07) is 14.8. The van der Waals surface area contributed by atoms with E-state index in [9.17, 15) is 4.79 Å². The number of carbonyl (C=O) groups is 1. The number of hydrogen-bond acceptors (Lipinski definition) is 4. The highest BCUT2D eigenvalue weighted by Gasteiger charge is 2.31. The Morgan fingerprint density at radius 3 is 2.93 bits per heavy atom. The van der Waals surface area contributed by atoms with E-state index in [2.05, 4.69) is 51.7 Å². The smallest absolute Gasteiger partial charge is 0.225 e. The Balaban J connectivity index is 1.33. The van der Waals surface area contributed by atoms with E-state index >= 15 is 0 Å². The lowest BCUT2D eigenvalue weighted by molar-refractivity contribution is -0.128. The summed E-state index contributed by atoms with van der Waals surface area (Å²) in [6.07, 6.45) is 5.35. The third-order valence-electron chi connectivity index (χ3n) is 5.67. The Hall–Kier alpha value is -2.95. The van der Waals surface area contributed by atoms with Crippen molar-refractivity contribution in [1.82, 2.24) is 14.9 Å². The molecule has 0 spiro atoms. The quantitative estimate of drug-likeness (QED) is 0.777. The molecule has 0 bridgehead atoms. The molecule has 136 valence electrons. The highest BCUT2D eigenvalue weighted by molar-refractivity contribution is 5.86. The summed E-state index contributed by atoms with van der Waals surface area (Å²) < 4.78 is 0. The van der Waals surface area contributed by atoms with Crippen LogP contribution in [0.3, 0.4) is 0 Å². The summed E-state index contributed by atoms with van der Waals surface area (Å²) in [5.74, 6) is 1.12. The van der Waals surface area contributed by atoms with E-state index in [1.165, 1.54) is 21.9 Å².